The van der Waals surface area contributed by atoms with Crippen molar-refractivity contribution in [3.63, 3.8) is 0 Å². The van der Waals surface area contributed by atoms with Crippen molar-refractivity contribution < 1.29 is 48.0 Å². The first-order valence-electron chi connectivity index (χ1n) is 11.5. The number of nitrogens with zero attached hydrogens (tertiary/aromatic N) is 1. The molecule has 0 atom stereocenters. The number of likely N-dealkylation sites (N-methyl/N-ethyl adjacent to an activating group) is 1. The van der Waals surface area contributed by atoms with Gasteiger partial charge in [0.05, 0.1) is 14.2 Å². The Labute approximate surface area is 214 Å². The first-order chi connectivity index (χ1) is 17.7. The topological polar surface area (TPSA) is 145 Å². The maximum Gasteiger partial charge on any atom is 0.414 e. The number of carboxylic acid groups (broad SMARTS) is 2. The Kier molecular flexibility index (Phi) is 11.2. The molecule has 11 heteroatoms. The Bertz CT molecular complexity index is 1170. The minimum atomic E-state index is -1.82. The first kappa shape index (κ1) is 29.0. The number of carbonyl (C=O) groups is 3. The molecular weight excluding hydrogens is 486 g/mol. The van der Waals surface area contributed by atoms with Crippen molar-refractivity contribution >= 4 is 28.9 Å². The van der Waals surface area contributed by atoms with E-state index in [2.05, 4.69) is 18.7 Å². The molecule has 0 saturated heterocycles. The van der Waals surface area contributed by atoms with Crippen LogP contribution in [0.15, 0.2) is 46.9 Å². The molecule has 0 saturated carbocycles. The normalized spacial score (nSPS) is 10.4. The van der Waals surface area contributed by atoms with Gasteiger partial charge in [-0.2, -0.15) is 0 Å². The van der Waals surface area contributed by atoms with Crippen LogP contribution in [0.1, 0.15) is 30.0 Å². The second kappa shape index (κ2) is 14.3. The van der Waals surface area contributed by atoms with Crippen molar-refractivity contribution in [2.24, 2.45) is 0 Å². The van der Waals surface area contributed by atoms with E-state index in [4.69, 9.17) is 43.2 Å². The van der Waals surface area contributed by atoms with Gasteiger partial charge in [0.2, 0.25) is 0 Å². The molecule has 0 amide bonds. The number of aliphatic carboxylic acids is 2. The van der Waals surface area contributed by atoms with Gasteiger partial charge in [-0.05, 0) is 55.6 Å². The average molecular weight is 518 g/mol. The van der Waals surface area contributed by atoms with Gasteiger partial charge >= 0.3 is 17.9 Å². The van der Waals surface area contributed by atoms with E-state index in [-0.39, 0.29) is 6.61 Å². The summed E-state index contributed by atoms with van der Waals surface area (Å²) in [5.41, 5.74) is 0.937. The summed E-state index contributed by atoms with van der Waals surface area (Å²) in [6.45, 7) is 7.03. The van der Waals surface area contributed by atoms with Gasteiger partial charge in [0.25, 0.3) is 0 Å². The maximum absolute atomic E-state index is 13.0. The molecule has 0 spiro atoms. The molecule has 1 heterocycles. The average Bonchev–Trinajstić information content (AvgIpc) is 3.28. The molecule has 37 heavy (non-hydrogen) atoms. The van der Waals surface area contributed by atoms with E-state index in [0.29, 0.717) is 46.9 Å². The van der Waals surface area contributed by atoms with Crippen LogP contribution in [0.2, 0.25) is 0 Å². The van der Waals surface area contributed by atoms with Gasteiger partial charge in [0, 0.05) is 11.9 Å². The van der Waals surface area contributed by atoms with Crippen LogP contribution >= 0.6 is 0 Å². The smallest absolute Gasteiger partial charge is 0.414 e. The van der Waals surface area contributed by atoms with Crippen LogP contribution < -0.4 is 14.2 Å². The number of methoxy groups -OCH3 is 2. The SMILES string of the molecule is CCN(CC)CCOC(=O)c1c(COc2ccc(OC)cc2)oc2ccc(OC)cc12.O=C(O)C(=O)O. The molecule has 3 aromatic rings. The van der Waals surface area contributed by atoms with Gasteiger partial charge in [-0.25, -0.2) is 14.4 Å². The van der Waals surface area contributed by atoms with Crippen LogP contribution in [0.5, 0.6) is 17.2 Å². The lowest BCUT2D eigenvalue weighted by Crippen LogP contribution is -2.28. The van der Waals surface area contributed by atoms with Crippen LogP contribution in [0, 0.1) is 0 Å². The van der Waals surface area contributed by atoms with Gasteiger partial charge in [0.1, 0.15) is 41.6 Å². The third kappa shape index (κ3) is 8.43. The third-order valence-corrected chi connectivity index (χ3v) is 5.32. The molecule has 0 fully saturated rings. The Morgan fingerprint density at radius 2 is 1.43 bits per heavy atom. The molecule has 0 aliphatic heterocycles. The fourth-order valence-corrected chi connectivity index (χ4v) is 3.28. The molecule has 200 valence electrons. The van der Waals surface area contributed by atoms with Crippen LogP contribution in [0.25, 0.3) is 11.0 Å². The van der Waals surface area contributed by atoms with Crippen LogP contribution in [0.3, 0.4) is 0 Å². The highest BCUT2D eigenvalue weighted by Gasteiger charge is 2.23. The number of furan rings is 1. The van der Waals surface area contributed by atoms with Crippen LogP contribution in [-0.2, 0) is 20.9 Å². The lowest BCUT2D eigenvalue weighted by Gasteiger charge is -2.17. The van der Waals surface area contributed by atoms with Gasteiger partial charge in [0.15, 0.2) is 5.76 Å². The third-order valence-electron chi connectivity index (χ3n) is 5.32. The molecule has 0 radical (unpaired) electrons. The van der Waals surface area contributed by atoms with Gasteiger partial charge < -0.3 is 38.5 Å². The zero-order valence-electron chi connectivity index (χ0n) is 21.2. The van der Waals surface area contributed by atoms with Crippen molar-refractivity contribution in [2.45, 2.75) is 20.5 Å². The standard InChI is InChI=1S/C24H29NO6.C2H2O4/c1-5-25(6-2)13-14-29-24(26)23-20-15-19(28-4)11-12-21(20)31-22(23)16-30-18-9-7-17(27-3)8-10-18;3-1(4)2(5)6/h7-12,15H,5-6,13-14,16H2,1-4H3;(H,3,4)(H,5,6). The Hall–Kier alpha value is -4.25. The highest BCUT2D eigenvalue weighted by molar-refractivity contribution is 6.27. The zero-order chi connectivity index (χ0) is 27.4. The summed E-state index contributed by atoms with van der Waals surface area (Å²) in [5.74, 6) is -1.67. The van der Waals surface area contributed by atoms with Crippen molar-refractivity contribution in [1.29, 1.82) is 0 Å². The predicted octanol–water partition coefficient (Wildman–Crippen LogP) is 3.68. The number of ether oxygens (including phenoxy) is 4. The van der Waals surface area contributed by atoms with Gasteiger partial charge in [-0.1, -0.05) is 13.8 Å². The van der Waals surface area contributed by atoms with Crippen LogP contribution in [-0.4, -0.2) is 73.5 Å². The number of benzene rings is 2. The Morgan fingerprint density at radius 1 is 0.865 bits per heavy atom. The number of hydrogen-bond acceptors (Lipinski definition) is 9. The molecular formula is C26H31NO10. The summed E-state index contributed by atoms with van der Waals surface area (Å²) in [6, 6.07) is 12.5. The predicted molar refractivity (Wildman–Crippen MR) is 133 cm³/mol. The Balaban J connectivity index is 0.000000717. The van der Waals surface area contributed by atoms with E-state index in [0.717, 1.165) is 18.8 Å². The largest absolute Gasteiger partial charge is 0.497 e. The number of carboxylic acids is 2. The van der Waals surface area contributed by atoms with E-state index < -0.39 is 17.9 Å². The summed E-state index contributed by atoms with van der Waals surface area (Å²) < 4.78 is 27.8. The summed E-state index contributed by atoms with van der Waals surface area (Å²) >= 11 is 0. The molecule has 0 aliphatic rings. The lowest BCUT2D eigenvalue weighted by atomic mass is 10.1. The lowest BCUT2D eigenvalue weighted by molar-refractivity contribution is -0.159. The number of fused-ring (bicyclic) bond motifs is 1. The minimum Gasteiger partial charge on any atom is -0.497 e. The van der Waals surface area contributed by atoms with Crippen molar-refractivity contribution in [1.82, 2.24) is 4.90 Å². The highest BCUT2D eigenvalue weighted by atomic mass is 16.5. The number of carbonyl (C=O) groups excluding carboxylic acids is 1. The molecule has 0 aliphatic carbocycles. The minimum absolute atomic E-state index is 0.0871. The zero-order valence-corrected chi connectivity index (χ0v) is 21.2. The fraction of sp³-hybridized carbons (Fsp3) is 0.346. The van der Waals surface area contributed by atoms with E-state index in [9.17, 15) is 4.79 Å². The quantitative estimate of drug-likeness (QED) is 0.284. The first-order valence-corrected chi connectivity index (χ1v) is 11.5. The molecule has 2 N–H and O–H groups in total. The molecule has 1 aromatic heterocycles. The second-order valence-corrected chi connectivity index (χ2v) is 7.50. The highest BCUT2D eigenvalue weighted by Crippen LogP contribution is 2.31. The molecule has 2 aromatic carbocycles. The number of esters is 1. The molecule has 3 rings (SSSR count). The summed E-state index contributed by atoms with van der Waals surface area (Å²) in [5, 5.41) is 15.4. The maximum atomic E-state index is 13.0. The molecule has 0 bridgehead atoms. The van der Waals surface area contributed by atoms with E-state index in [1.165, 1.54) is 0 Å². The van der Waals surface area contributed by atoms with E-state index in [1.54, 1.807) is 56.7 Å². The van der Waals surface area contributed by atoms with Crippen molar-refractivity contribution in [3.8, 4) is 17.2 Å². The number of rotatable bonds is 11. The number of hydrogen-bond donors (Lipinski definition) is 2. The van der Waals surface area contributed by atoms with Gasteiger partial charge in [-0.15, -0.1) is 0 Å². The molecule has 11 nitrogen and oxygen atoms in total. The van der Waals surface area contributed by atoms with Crippen molar-refractivity contribution in [2.75, 3.05) is 40.5 Å². The fourth-order valence-electron chi connectivity index (χ4n) is 3.28. The van der Waals surface area contributed by atoms with Crippen LogP contribution in [0.4, 0.5) is 0 Å². The van der Waals surface area contributed by atoms with E-state index in [1.807, 2.05) is 0 Å². The van der Waals surface area contributed by atoms with E-state index >= 15 is 0 Å². The van der Waals surface area contributed by atoms with Crippen molar-refractivity contribution in [3.05, 3.63) is 53.8 Å². The molecule has 0 unspecified atom stereocenters. The summed E-state index contributed by atoms with van der Waals surface area (Å²) in [4.78, 5) is 33.4. The second-order valence-electron chi connectivity index (χ2n) is 7.50. The summed E-state index contributed by atoms with van der Waals surface area (Å²) in [6.07, 6.45) is 0. The monoisotopic (exact) mass is 517 g/mol. The Morgan fingerprint density at radius 3 is 1.97 bits per heavy atom. The van der Waals surface area contributed by atoms with Gasteiger partial charge in [-0.3, -0.25) is 0 Å². The summed E-state index contributed by atoms with van der Waals surface area (Å²) in [7, 11) is 3.19.